The van der Waals surface area contributed by atoms with Gasteiger partial charge in [-0.2, -0.15) is 0 Å². The van der Waals surface area contributed by atoms with Crippen LogP contribution in [0, 0.1) is 30.6 Å². The second kappa shape index (κ2) is 5.58. The molecule has 2 fully saturated rings. The first-order valence-electron chi connectivity index (χ1n) is 8.45. The minimum Gasteiger partial charge on any atom is -0.324 e. The van der Waals surface area contributed by atoms with Crippen molar-refractivity contribution in [2.24, 2.45) is 23.7 Å². The Labute approximate surface area is 140 Å². The minimum absolute atomic E-state index is 0.154. The maximum atomic E-state index is 12.7. The Hall–Kier alpha value is -2.43. The highest BCUT2D eigenvalue weighted by atomic mass is 16.2. The lowest BCUT2D eigenvalue weighted by atomic mass is 9.63. The zero-order valence-electron chi connectivity index (χ0n) is 13.6. The van der Waals surface area contributed by atoms with Crippen molar-refractivity contribution in [1.82, 2.24) is 4.90 Å². The number of hydrogen-bond donors (Lipinski definition) is 1. The molecule has 0 aromatic heterocycles. The van der Waals surface area contributed by atoms with Crippen molar-refractivity contribution in [1.29, 1.82) is 0 Å². The molecule has 0 spiro atoms. The average Bonchev–Trinajstić information content (AvgIpc) is 2.85. The van der Waals surface area contributed by atoms with Gasteiger partial charge in [-0.25, -0.2) is 0 Å². The molecule has 3 amide bonds. The highest BCUT2D eigenvalue weighted by Gasteiger charge is 2.56. The number of likely N-dealkylation sites (tertiary alicyclic amines) is 1. The molecule has 1 N–H and O–H groups in total. The van der Waals surface area contributed by atoms with Crippen LogP contribution in [0.4, 0.5) is 5.69 Å². The number of hydrogen-bond acceptors (Lipinski definition) is 3. The third kappa shape index (κ3) is 2.27. The van der Waals surface area contributed by atoms with Crippen LogP contribution < -0.4 is 5.32 Å². The van der Waals surface area contributed by atoms with E-state index in [0.29, 0.717) is 5.69 Å². The summed E-state index contributed by atoms with van der Waals surface area (Å²) in [6.07, 6.45) is 6.09. The lowest BCUT2D eigenvalue weighted by molar-refractivity contribution is -0.142. The normalized spacial score (nSPS) is 30.6. The molecule has 1 aliphatic heterocycles. The Morgan fingerprint density at radius 2 is 1.67 bits per heavy atom. The summed E-state index contributed by atoms with van der Waals surface area (Å²) in [6.45, 7) is 1.71. The number of fused-ring (bicyclic) bond motifs is 1. The SMILES string of the molecule is Cc1ccccc1NC(=O)CN1C(=O)[C@@H]2[C@H](C1=O)[C@H]1C=C[C@H]2CC1. The first kappa shape index (κ1) is 15.1. The highest BCUT2D eigenvalue weighted by molar-refractivity contribution is 6.09. The Kier molecular flexibility index (Phi) is 3.52. The molecular formula is C19H20N2O3. The molecule has 0 unspecified atom stereocenters. The molecule has 1 aromatic rings. The first-order valence-corrected chi connectivity index (χ1v) is 8.45. The standard InChI is InChI=1S/C19H20N2O3/c1-11-4-2-3-5-14(11)20-15(22)10-21-18(23)16-12-6-7-13(9-8-12)17(16)19(21)24/h2-7,12-13,16-17H,8-10H2,1H3,(H,20,22)/t12-,13-,16-,17+/m0/s1. The van der Waals surface area contributed by atoms with E-state index in [9.17, 15) is 14.4 Å². The second-order valence-corrected chi connectivity index (χ2v) is 6.97. The van der Waals surface area contributed by atoms with Crippen molar-refractivity contribution >= 4 is 23.4 Å². The van der Waals surface area contributed by atoms with Gasteiger partial charge in [-0.05, 0) is 43.2 Å². The summed E-state index contributed by atoms with van der Waals surface area (Å²) >= 11 is 0. The van der Waals surface area contributed by atoms with E-state index in [0.717, 1.165) is 18.4 Å². The van der Waals surface area contributed by atoms with Crippen LogP contribution in [0.25, 0.3) is 0 Å². The van der Waals surface area contributed by atoms with E-state index in [1.165, 1.54) is 4.90 Å². The number of amides is 3. The van der Waals surface area contributed by atoms with Gasteiger partial charge >= 0.3 is 0 Å². The molecule has 124 valence electrons. The van der Waals surface area contributed by atoms with E-state index in [-0.39, 0.29) is 47.9 Å². The van der Waals surface area contributed by atoms with E-state index in [1.54, 1.807) is 0 Å². The van der Waals surface area contributed by atoms with E-state index in [1.807, 2.05) is 31.2 Å². The largest absolute Gasteiger partial charge is 0.324 e. The molecule has 3 aliphatic carbocycles. The topological polar surface area (TPSA) is 66.5 Å². The monoisotopic (exact) mass is 324 g/mol. The van der Waals surface area contributed by atoms with E-state index >= 15 is 0 Å². The molecule has 5 rings (SSSR count). The second-order valence-electron chi connectivity index (χ2n) is 6.97. The highest BCUT2D eigenvalue weighted by Crippen LogP contribution is 2.49. The number of aryl methyl sites for hydroxylation is 1. The Morgan fingerprint density at radius 1 is 1.08 bits per heavy atom. The van der Waals surface area contributed by atoms with Crippen LogP contribution >= 0.6 is 0 Å². The molecule has 5 heteroatoms. The molecule has 24 heavy (non-hydrogen) atoms. The lowest BCUT2D eigenvalue weighted by Crippen LogP contribution is -2.38. The van der Waals surface area contributed by atoms with Gasteiger partial charge in [0.25, 0.3) is 0 Å². The predicted octanol–water partition coefficient (Wildman–Crippen LogP) is 2.13. The van der Waals surface area contributed by atoms with Crippen molar-refractivity contribution in [3.63, 3.8) is 0 Å². The van der Waals surface area contributed by atoms with Crippen molar-refractivity contribution in [2.45, 2.75) is 19.8 Å². The van der Waals surface area contributed by atoms with E-state index in [4.69, 9.17) is 0 Å². The van der Waals surface area contributed by atoms with Gasteiger partial charge in [0, 0.05) is 5.69 Å². The number of allylic oxidation sites excluding steroid dienone is 2. The predicted molar refractivity (Wildman–Crippen MR) is 88.9 cm³/mol. The maximum absolute atomic E-state index is 12.7. The van der Waals surface area contributed by atoms with Crippen molar-refractivity contribution in [3.8, 4) is 0 Å². The van der Waals surface area contributed by atoms with Gasteiger partial charge in [-0.15, -0.1) is 0 Å². The molecular weight excluding hydrogens is 304 g/mol. The summed E-state index contributed by atoms with van der Waals surface area (Å²) in [5.74, 6) is -0.889. The van der Waals surface area contributed by atoms with Crippen LogP contribution in [-0.2, 0) is 14.4 Å². The van der Waals surface area contributed by atoms with Gasteiger partial charge < -0.3 is 5.32 Å². The smallest absolute Gasteiger partial charge is 0.244 e. The number of rotatable bonds is 3. The molecule has 5 nitrogen and oxygen atoms in total. The van der Waals surface area contributed by atoms with E-state index < -0.39 is 0 Å². The Bertz CT molecular complexity index is 723. The van der Waals surface area contributed by atoms with Gasteiger partial charge in [0.2, 0.25) is 17.7 Å². The van der Waals surface area contributed by atoms with Crippen LogP contribution in [-0.4, -0.2) is 29.2 Å². The zero-order valence-corrected chi connectivity index (χ0v) is 13.6. The van der Waals surface area contributed by atoms with Crippen LogP contribution in [0.2, 0.25) is 0 Å². The molecule has 1 aromatic carbocycles. The third-order valence-electron chi connectivity index (χ3n) is 5.57. The van der Waals surface area contributed by atoms with Gasteiger partial charge in [0.05, 0.1) is 11.8 Å². The van der Waals surface area contributed by atoms with Crippen LogP contribution in [0.5, 0.6) is 0 Å². The summed E-state index contributed by atoms with van der Waals surface area (Å²) in [7, 11) is 0. The maximum Gasteiger partial charge on any atom is 0.244 e. The van der Waals surface area contributed by atoms with Gasteiger partial charge in [0.1, 0.15) is 6.54 Å². The van der Waals surface area contributed by atoms with Gasteiger partial charge in [-0.1, -0.05) is 30.4 Å². The number of para-hydroxylation sites is 1. The number of carbonyl (C=O) groups is 3. The Balaban J connectivity index is 1.49. The minimum atomic E-state index is -0.329. The average molecular weight is 324 g/mol. The summed E-state index contributed by atoms with van der Waals surface area (Å²) in [4.78, 5) is 38.9. The number of carbonyl (C=O) groups excluding carboxylic acids is 3. The van der Waals surface area contributed by atoms with Crippen molar-refractivity contribution < 1.29 is 14.4 Å². The summed E-state index contributed by atoms with van der Waals surface area (Å²) < 4.78 is 0. The number of imide groups is 1. The number of anilines is 1. The third-order valence-corrected chi connectivity index (χ3v) is 5.57. The summed E-state index contributed by atoms with van der Waals surface area (Å²) in [6, 6.07) is 7.45. The fourth-order valence-electron chi connectivity index (χ4n) is 4.34. The molecule has 1 saturated carbocycles. The summed E-state index contributed by atoms with van der Waals surface area (Å²) in [5.41, 5.74) is 1.65. The molecule has 2 bridgehead atoms. The van der Waals surface area contributed by atoms with E-state index in [2.05, 4.69) is 17.5 Å². The fourth-order valence-corrected chi connectivity index (χ4v) is 4.34. The van der Waals surface area contributed by atoms with Crippen LogP contribution in [0.1, 0.15) is 18.4 Å². The summed E-state index contributed by atoms with van der Waals surface area (Å²) in [5, 5.41) is 2.80. The van der Waals surface area contributed by atoms with Crippen LogP contribution in [0.15, 0.2) is 36.4 Å². The molecule has 4 atom stereocenters. The molecule has 1 saturated heterocycles. The first-order chi connectivity index (χ1) is 11.6. The molecule has 0 radical (unpaired) electrons. The molecule has 1 heterocycles. The van der Waals surface area contributed by atoms with Gasteiger partial charge in [-0.3, -0.25) is 19.3 Å². The lowest BCUT2D eigenvalue weighted by Gasteiger charge is -2.38. The quantitative estimate of drug-likeness (QED) is 0.684. The fraction of sp³-hybridized carbons (Fsp3) is 0.421. The molecule has 4 aliphatic rings. The number of benzene rings is 1. The number of nitrogens with zero attached hydrogens (tertiary/aromatic N) is 1. The Morgan fingerprint density at radius 3 is 2.21 bits per heavy atom. The van der Waals surface area contributed by atoms with Crippen molar-refractivity contribution in [3.05, 3.63) is 42.0 Å². The van der Waals surface area contributed by atoms with Crippen molar-refractivity contribution in [2.75, 3.05) is 11.9 Å². The number of nitrogens with one attached hydrogen (secondary N) is 1. The van der Waals surface area contributed by atoms with Crippen LogP contribution in [0.3, 0.4) is 0 Å². The zero-order chi connectivity index (χ0) is 16.8. The van der Waals surface area contributed by atoms with Gasteiger partial charge in [0.15, 0.2) is 0 Å².